The van der Waals surface area contributed by atoms with Gasteiger partial charge in [0, 0.05) is 49.2 Å². The number of hydrogen-bond donors (Lipinski definition) is 1. The van der Waals surface area contributed by atoms with Gasteiger partial charge in [-0.15, -0.1) is 0 Å². The zero-order chi connectivity index (χ0) is 22.1. The molecule has 32 heavy (non-hydrogen) atoms. The number of rotatable bonds is 5. The molecule has 5 nitrogen and oxygen atoms in total. The van der Waals surface area contributed by atoms with Crippen LogP contribution in [0.5, 0.6) is 0 Å². The molecule has 1 fully saturated rings. The van der Waals surface area contributed by atoms with Crippen LogP contribution in [0.1, 0.15) is 23.5 Å². The maximum Gasteiger partial charge on any atom is 0.174 e. The van der Waals surface area contributed by atoms with Crippen LogP contribution in [-0.4, -0.2) is 28.8 Å². The molecule has 1 aliphatic rings. The fourth-order valence-electron chi connectivity index (χ4n) is 4.30. The summed E-state index contributed by atoms with van der Waals surface area (Å²) in [5, 5.41) is 4.24. The van der Waals surface area contributed by atoms with Crippen molar-refractivity contribution in [3.8, 4) is 5.69 Å². The predicted octanol–water partition coefficient (Wildman–Crippen LogP) is 5.12. The van der Waals surface area contributed by atoms with Crippen LogP contribution >= 0.6 is 12.2 Å². The molecule has 6 heteroatoms. The van der Waals surface area contributed by atoms with Crippen molar-refractivity contribution in [3.05, 3.63) is 109 Å². The third-order valence-corrected chi connectivity index (χ3v) is 6.17. The van der Waals surface area contributed by atoms with Crippen molar-refractivity contribution < 1.29 is 0 Å². The van der Waals surface area contributed by atoms with Crippen molar-refractivity contribution in [2.24, 2.45) is 0 Å². The molecule has 0 aliphatic carbocycles. The Labute approximate surface area is 193 Å². The average Bonchev–Trinajstić information content (AvgIpc) is 3.44. The zero-order valence-electron chi connectivity index (χ0n) is 18.1. The quantitative estimate of drug-likeness (QED) is 0.437. The molecule has 5 rings (SSSR count). The van der Waals surface area contributed by atoms with Crippen molar-refractivity contribution in [1.29, 1.82) is 0 Å². The molecule has 2 aromatic carbocycles. The summed E-state index contributed by atoms with van der Waals surface area (Å²) in [6.45, 7) is 0. The molecular formula is C26H25N5S. The Morgan fingerprint density at radius 2 is 1.59 bits per heavy atom. The molecule has 2 aromatic heterocycles. The Kier molecular flexibility index (Phi) is 5.37. The second-order valence-corrected chi connectivity index (χ2v) is 8.43. The van der Waals surface area contributed by atoms with Crippen molar-refractivity contribution in [3.63, 3.8) is 0 Å². The largest absolute Gasteiger partial charge is 0.378 e. The smallest absolute Gasteiger partial charge is 0.174 e. The molecule has 0 unspecified atom stereocenters. The fourth-order valence-corrected chi connectivity index (χ4v) is 4.65. The van der Waals surface area contributed by atoms with Gasteiger partial charge in [0.05, 0.1) is 11.7 Å². The number of hydrogen-bond acceptors (Lipinski definition) is 3. The molecule has 4 aromatic rings. The first kappa shape index (κ1) is 20.3. The lowest BCUT2D eigenvalue weighted by atomic mass is 10.0. The van der Waals surface area contributed by atoms with E-state index in [1.54, 1.807) is 0 Å². The number of nitrogens with one attached hydrogen (secondary N) is 1. The molecule has 3 heterocycles. The Morgan fingerprint density at radius 1 is 0.844 bits per heavy atom. The molecule has 160 valence electrons. The molecule has 0 bridgehead atoms. The van der Waals surface area contributed by atoms with Gasteiger partial charge in [-0.1, -0.05) is 24.3 Å². The summed E-state index contributed by atoms with van der Waals surface area (Å²) in [5.41, 5.74) is 5.44. The van der Waals surface area contributed by atoms with Crippen molar-refractivity contribution in [1.82, 2.24) is 14.9 Å². The van der Waals surface area contributed by atoms with E-state index in [4.69, 9.17) is 12.2 Å². The zero-order valence-corrected chi connectivity index (χ0v) is 18.9. The van der Waals surface area contributed by atoms with Gasteiger partial charge in [0.2, 0.25) is 0 Å². The molecule has 2 atom stereocenters. The van der Waals surface area contributed by atoms with Crippen LogP contribution in [0.2, 0.25) is 0 Å². The van der Waals surface area contributed by atoms with Gasteiger partial charge in [0.1, 0.15) is 6.04 Å². The fraction of sp³-hybridized carbons (Fsp3) is 0.154. The van der Waals surface area contributed by atoms with E-state index in [0.717, 1.165) is 28.5 Å². The Bertz CT molecular complexity index is 1200. The maximum absolute atomic E-state index is 5.86. The van der Waals surface area contributed by atoms with Crippen LogP contribution in [0.25, 0.3) is 5.69 Å². The van der Waals surface area contributed by atoms with Gasteiger partial charge >= 0.3 is 0 Å². The van der Waals surface area contributed by atoms with E-state index in [1.165, 1.54) is 0 Å². The normalized spacial score (nSPS) is 17.9. The standard InChI is InChI=1S/C26H25N5S/c1-29(2)19-13-15-21(16-14-19)31-25(24(28-26(31)32)22-11-6-7-17-27-22)23-12-8-18-30(23)20-9-4-3-5-10-20/h3-18,24-25H,1-2H3,(H,28,32)/t24-,25-/m0/s1. The van der Waals surface area contributed by atoms with Gasteiger partial charge in [-0.2, -0.15) is 0 Å². The minimum Gasteiger partial charge on any atom is -0.378 e. The van der Waals surface area contributed by atoms with Crippen LogP contribution in [0.15, 0.2) is 97.3 Å². The van der Waals surface area contributed by atoms with Gasteiger partial charge in [-0.3, -0.25) is 4.98 Å². The van der Waals surface area contributed by atoms with Crippen LogP contribution in [0, 0.1) is 0 Å². The Balaban J connectivity index is 1.64. The number of nitrogens with zero attached hydrogens (tertiary/aromatic N) is 4. The molecular weight excluding hydrogens is 414 g/mol. The first-order valence-corrected chi connectivity index (χ1v) is 11.0. The minimum atomic E-state index is -0.0745. The Hall–Kier alpha value is -3.64. The molecule has 1 N–H and O–H groups in total. The van der Waals surface area contributed by atoms with E-state index in [2.05, 4.69) is 97.6 Å². The summed E-state index contributed by atoms with van der Waals surface area (Å²) in [4.78, 5) is 8.97. The van der Waals surface area contributed by atoms with Gasteiger partial charge in [-0.25, -0.2) is 0 Å². The second kappa shape index (κ2) is 8.48. The highest BCUT2D eigenvalue weighted by atomic mass is 32.1. The molecule has 0 amide bonds. The average molecular weight is 440 g/mol. The van der Waals surface area contributed by atoms with Gasteiger partial charge in [0.15, 0.2) is 5.11 Å². The minimum absolute atomic E-state index is 0.0576. The Morgan fingerprint density at radius 3 is 2.28 bits per heavy atom. The lowest BCUT2D eigenvalue weighted by Crippen LogP contribution is -2.30. The van der Waals surface area contributed by atoms with Gasteiger partial charge < -0.3 is 19.7 Å². The van der Waals surface area contributed by atoms with Gasteiger partial charge in [-0.05, 0) is 72.9 Å². The molecule has 1 aliphatic heterocycles. The SMILES string of the molecule is CN(C)c1ccc(N2C(=S)N[C@@H](c3ccccn3)[C@@H]2c2cccn2-c2ccccc2)cc1. The monoisotopic (exact) mass is 439 g/mol. The highest BCUT2D eigenvalue weighted by Gasteiger charge is 2.42. The van der Waals surface area contributed by atoms with Gasteiger partial charge in [0.25, 0.3) is 0 Å². The third-order valence-electron chi connectivity index (χ3n) is 5.86. The number of thiocarbonyl (C=S) groups is 1. The highest BCUT2D eigenvalue weighted by molar-refractivity contribution is 7.80. The number of para-hydroxylation sites is 1. The van der Waals surface area contributed by atoms with E-state index in [1.807, 2.05) is 38.5 Å². The summed E-state index contributed by atoms with van der Waals surface area (Å²) < 4.78 is 2.23. The van der Waals surface area contributed by atoms with Crippen LogP contribution in [-0.2, 0) is 0 Å². The summed E-state index contributed by atoms with van der Waals surface area (Å²) in [6, 6.07) is 29.1. The van der Waals surface area contributed by atoms with E-state index in [0.29, 0.717) is 5.11 Å². The second-order valence-electron chi connectivity index (χ2n) is 8.05. The van der Waals surface area contributed by atoms with E-state index >= 15 is 0 Å². The molecule has 1 saturated heterocycles. The number of aromatic nitrogens is 2. The van der Waals surface area contributed by atoms with E-state index < -0.39 is 0 Å². The number of pyridine rings is 1. The van der Waals surface area contributed by atoms with Crippen LogP contribution < -0.4 is 15.1 Å². The number of anilines is 2. The molecule has 0 saturated carbocycles. The highest BCUT2D eigenvalue weighted by Crippen LogP contribution is 2.42. The lowest BCUT2D eigenvalue weighted by molar-refractivity contribution is 0.549. The van der Waals surface area contributed by atoms with Crippen molar-refractivity contribution >= 4 is 28.7 Å². The molecule has 0 spiro atoms. The maximum atomic E-state index is 5.86. The third kappa shape index (κ3) is 3.63. The number of benzene rings is 2. The van der Waals surface area contributed by atoms with Crippen molar-refractivity contribution in [2.75, 3.05) is 23.9 Å². The lowest BCUT2D eigenvalue weighted by Gasteiger charge is -2.29. The van der Waals surface area contributed by atoms with Crippen LogP contribution in [0.3, 0.4) is 0 Å². The first-order valence-electron chi connectivity index (χ1n) is 10.6. The van der Waals surface area contributed by atoms with Crippen LogP contribution in [0.4, 0.5) is 11.4 Å². The molecule has 0 radical (unpaired) electrons. The first-order chi connectivity index (χ1) is 15.6. The van der Waals surface area contributed by atoms with Crippen molar-refractivity contribution in [2.45, 2.75) is 12.1 Å². The van der Waals surface area contributed by atoms with E-state index in [9.17, 15) is 0 Å². The summed E-state index contributed by atoms with van der Waals surface area (Å²) in [6.07, 6.45) is 3.94. The summed E-state index contributed by atoms with van der Waals surface area (Å²) in [5.74, 6) is 0. The summed E-state index contributed by atoms with van der Waals surface area (Å²) in [7, 11) is 4.09. The predicted molar refractivity (Wildman–Crippen MR) is 134 cm³/mol. The summed E-state index contributed by atoms with van der Waals surface area (Å²) >= 11 is 5.86. The topological polar surface area (TPSA) is 36.3 Å². The van der Waals surface area contributed by atoms with E-state index in [-0.39, 0.29) is 12.1 Å².